The zero-order chi connectivity index (χ0) is 12.3. The van der Waals surface area contributed by atoms with Crippen LogP contribution in [-0.4, -0.2) is 16.0 Å². The van der Waals surface area contributed by atoms with E-state index in [0.29, 0.717) is 10.7 Å². The third-order valence-corrected chi connectivity index (χ3v) is 2.38. The van der Waals surface area contributed by atoms with Crippen molar-refractivity contribution in [1.82, 2.24) is 4.98 Å². The minimum Gasteiger partial charge on any atom is -0.507 e. The maximum absolute atomic E-state index is 11.8. The van der Waals surface area contributed by atoms with Crippen LogP contribution in [0.1, 0.15) is 10.4 Å². The molecule has 4 nitrogen and oxygen atoms in total. The van der Waals surface area contributed by atoms with Crippen LogP contribution in [0.3, 0.4) is 0 Å². The number of phenolic OH excluding ortho intramolecular Hbond substituents is 1. The fourth-order valence-electron chi connectivity index (χ4n) is 1.33. The van der Waals surface area contributed by atoms with Crippen molar-refractivity contribution >= 4 is 23.2 Å². The molecule has 1 aromatic heterocycles. The lowest BCUT2D eigenvalue weighted by Crippen LogP contribution is -2.11. The van der Waals surface area contributed by atoms with Gasteiger partial charge < -0.3 is 10.4 Å². The average Bonchev–Trinajstić information content (AvgIpc) is 2.30. The molecular formula is C12H9ClN2O2. The molecule has 0 saturated heterocycles. The first-order valence-electron chi connectivity index (χ1n) is 4.87. The molecule has 86 valence electrons. The van der Waals surface area contributed by atoms with Crippen LogP contribution < -0.4 is 5.32 Å². The Morgan fingerprint density at radius 2 is 1.94 bits per heavy atom. The van der Waals surface area contributed by atoms with Gasteiger partial charge in [-0.25, -0.2) is 0 Å². The van der Waals surface area contributed by atoms with Crippen molar-refractivity contribution in [2.75, 3.05) is 5.32 Å². The number of rotatable bonds is 2. The lowest BCUT2D eigenvalue weighted by atomic mass is 10.2. The molecule has 2 N–H and O–H groups in total. The van der Waals surface area contributed by atoms with E-state index >= 15 is 0 Å². The van der Waals surface area contributed by atoms with E-state index < -0.39 is 5.91 Å². The van der Waals surface area contributed by atoms with Gasteiger partial charge in [0.15, 0.2) is 0 Å². The Morgan fingerprint density at radius 1 is 1.24 bits per heavy atom. The highest BCUT2D eigenvalue weighted by Gasteiger charge is 2.11. The van der Waals surface area contributed by atoms with Crippen LogP contribution in [0.25, 0.3) is 0 Å². The first kappa shape index (κ1) is 11.4. The van der Waals surface area contributed by atoms with Crippen LogP contribution in [0.5, 0.6) is 5.75 Å². The summed E-state index contributed by atoms with van der Waals surface area (Å²) in [6.07, 6.45) is 3.13. The number of hydrogen-bond donors (Lipinski definition) is 2. The van der Waals surface area contributed by atoms with Crippen molar-refractivity contribution in [3.05, 3.63) is 53.3 Å². The summed E-state index contributed by atoms with van der Waals surface area (Å²) in [7, 11) is 0. The molecule has 2 rings (SSSR count). The number of benzene rings is 1. The molecule has 0 spiro atoms. The first-order chi connectivity index (χ1) is 8.16. The van der Waals surface area contributed by atoms with Crippen molar-refractivity contribution in [2.24, 2.45) is 0 Å². The highest BCUT2D eigenvalue weighted by atomic mass is 35.5. The summed E-state index contributed by atoms with van der Waals surface area (Å²) >= 11 is 5.68. The number of phenols is 1. The van der Waals surface area contributed by atoms with E-state index in [1.165, 1.54) is 12.1 Å². The Balaban J connectivity index is 2.21. The van der Waals surface area contributed by atoms with Gasteiger partial charge in [0.25, 0.3) is 5.91 Å². The van der Waals surface area contributed by atoms with Gasteiger partial charge in [-0.05, 0) is 30.3 Å². The third-order valence-electron chi connectivity index (χ3n) is 2.14. The summed E-state index contributed by atoms with van der Waals surface area (Å²) in [4.78, 5) is 15.6. The number of hydrogen-bond acceptors (Lipinski definition) is 3. The molecular weight excluding hydrogens is 240 g/mol. The van der Waals surface area contributed by atoms with Crippen LogP contribution in [0.15, 0.2) is 42.7 Å². The molecule has 0 saturated carbocycles. The molecule has 17 heavy (non-hydrogen) atoms. The van der Waals surface area contributed by atoms with Gasteiger partial charge in [-0.1, -0.05) is 11.6 Å². The number of nitrogens with one attached hydrogen (secondary N) is 1. The fourth-order valence-corrected chi connectivity index (χ4v) is 1.50. The molecule has 0 fully saturated rings. The second kappa shape index (κ2) is 4.84. The highest BCUT2D eigenvalue weighted by molar-refractivity contribution is 6.30. The predicted octanol–water partition coefficient (Wildman–Crippen LogP) is 2.69. The molecule has 0 aliphatic rings. The Labute approximate surface area is 103 Å². The van der Waals surface area contributed by atoms with E-state index in [-0.39, 0.29) is 11.3 Å². The lowest BCUT2D eigenvalue weighted by molar-refractivity contribution is 0.102. The van der Waals surface area contributed by atoms with E-state index in [9.17, 15) is 9.90 Å². The number of carbonyl (C=O) groups excluding carboxylic acids is 1. The van der Waals surface area contributed by atoms with Gasteiger partial charge >= 0.3 is 0 Å². The molecule has 5 heteroatoms. The zero-order valence-corrected chi connectivity index (χ0v) is 9.48. The summed E-state index contributed by atoms with van der Waals surface area (Å²) in [5, 5.41) is 12.6. The fraction of sp³-hybridized carbons (Fsp3) is 0. The number of pyridine rings is 1. The standard InChI is InChI=1S/C12H9ClN2O2/c13-8-1-2-10(11(16)7-8)12(17)15-9-3-5-14-6-4-9/h1-7,16H,(H,14,15,17). The average molecular weight is 249 g/mol. The molecule has 0 atom stereocenters. The molecule has 0 bridgehead atoms. The minimum absolute atomic E-state index is 0.149. The normalized spacial score (nSPS) is 9.94. The first-order valence-corrected chi connectivity index (χ1v) is 5.24. The Bertz CT molecular complexity index is 543. The van der Waals surface area contributed by atoms with Crippen molar-refractivity contribution in [3.63, 3.8) is 0 Å². The van der Waals surface area contributed by atoms with Crippen molar-refractivity contribution < 1.29 is 9.90 Å². The van der Waals surface area contributed by atoms with Crippen LogP contribution in [0.4, 0.5) is 5.69 Å². The quantitative estimate of drug-likeness (QED) is 0.859. The summed E-state index contributed by atoms with van der Waals surface area (Å²) in [6, 6.07) is 7.65. The summed E-state index contributed by atoms with van der Waals surface area (Å²) < 4.78 is 0. The van der Waals surface area contributed by atoms with Gasteiger partial charge in [0.2, 0.25) is 0 Å². The van der Waals surface area contributed by atoms with Gasteiger partial charge in [0.05, 0.1) is 5.56 Å². The number of halogens is 1. The Kier molecular flexibility index (Phi) is 3.25. The van der Waals surface area contributed by atoms with Crippen LogP contribution in [0, 0.1) is 0 Å². The third kappa shape index (κ3) is 2.73. The lowest BCUT2D eigenvalue weighted by Gasteiger charge is -2.06. The van der Waals surface area contributed by atoms with Crippen LogP contribution in [-0.2, 0) is 0 Å². The van der Waals surface area contributed by atoms with Gasteiger partial charge in [0, 0.05) is 23.1 Å². The van der Waals surface area contributed by atoms with E-state index in [1.54, 1.807) is 30.6 Å². The second-order valence-electron chi connectivity index (χ2n) is 3.35. The minimum atomic E-state index is -0.398. The molecule has 1 heterocycles. The Morgan fingerprint density at radius 3 is 2.59 bits per heavy atom. The molecule has 2 aromatic rings. The molecule has 0 unspecified atom stereocenters. The number of aromatic nitrogens is 1. The van der Waals surface area contributed by atoms with Crippen LogP contribution in [0.2, 0.25) is 5.02 Å². The smallest absolute Gasteiger partial charge is 0.259 e. The number of anilines is 1. The molecule has 0 radical (unpaired) electrons. The number of aromatic hydroxyl groups is 1. The molecule has 1 aromatic carbocycles. The molecule has 1 amide bonds. The SMILES string of the molecule is O=C(Nc1ccncc1)c1ccc(Cl)cc1O. The molecule has 0 aliphatic heterocycles. The highest BCUT2D eigenvalue weighted by Crippen LogP contribution is 2.22. The van der Waals surface area contributed by atoms with E-state index in [2.05, 4.69) is 10.3 Å². The summed E-state index contributed by atoms with van der Waals surface area (Å²) in [6.45, 7) is 0. The number of amides is 1. The van der Waals surface area contributed by atoms with Crippen molar-refractivity contribution in [2.45, 2.75) is 0 Å². The monoisotopic (exact) mass is 248 g/mol. The van der Waals surface area contributed by atoms with E-state index in [4.69, 9.17) is 11.6 Å². The van der Waals surface area contributed by atoms with Gasteiger partial charge in [-0.3, -0.25) is 9.78 Å². The predicted molar refractivity (Wildman–Crippen MR) is 65.3 cm³/mol. The molecule has 0 aliphatic carbocycles. The van der Waals surface area contributed by atoms with Crippen LogP contribution >= 0.6 is 11.6 Å². The maximum Gasteiger partial charge on any atom is 0.259 e. The zero-order valence-electron chi connectivity index (χ0n) is 8.72. The summed E-state index contributed by atoms with van der Waals surface area (Å²) in [5.74, 6) is -0.547. The van der Waals surface area contributed by atoms with E-state index in [0.717, 1.165) is 0 Å². The van der Waals surface area contributed by atoms with Gasteiger partial charge in [-0.2, -0.15) is 0 Å². The van der Waals surface area contributed by atoms with Gasteiger partial charge in [-0.15, -0.1) is 0 Å². The summed E-state index contributed by atoms with van der Waals surface area (Å²) in [5.41, 5.74) is 0.783. The number of nitrogens with zero attached hydrogens (tertiary/aromatic N) is 1. The van der Waals surface area contributed by atoms with Gasteiger partial charge in [0.1, 0.15) is 5.75 Å². The van der Waals surface area contributed by atoms with Crippen molar-refractivity contribution in [1.29, 1.82) is 0 Å². The maximum atomic E-state index is 11.8. The largest absolute Gasteiger partial charge is 0.507 e. The topological polar surface area (TPSA) is 62.2 Å². The number of carbonyl (C=O) groups is 1. The Hall–Kier alpha value is -2.07. The second-order valence-corrected chi connectivity index (χ2v) is 3.79. The van der Waals surface area contributed by atoms with Crippen molar-refractivity contribution in [3.8, 4) is 5.75 Å². The van der Waals surface area contributed by atoms with E-state index in [1.807, 2.05) is 0 Å².